The first-order chi connectivity index (χ1) is 12.0. The van der Waals surface area contributed by atoms with Gasteiger partial charge in [-0.25, -0.2) is 4.79 Å². The third-order valence-corrected chi connectivity index (χ3v) is 5.83. The average molecular weight is 381 g/mol. The highest BCUT2D eigenvalue weighted by atomic mass is 32.2. The SMILES string of the molecule is CCOC(=O)NC(=O)CSc1nnc(-c2cc3c(s2)CC[C@@H](C)C3)o1. The van der Waals surface area contributed by atoms with E-state index in [1.807, 2.05) is 0 Å². The molecular formula is C16H19N3O4S2. The second kappa shape index (κ2) is 8.01. The fourth-order valence-corrected chi connectivity index (χ4v) is 4.32. The molecule has 9 heteroatoms. The van der Waals surface area contributed by atoms with Crippen LogP contribution in [0.4, 0.5) is 4.79 Å². The molecule has 134 valence electrons. The minimum absolute atomic E-state index is 0.00109. The number of carbonyl (C=O) groups is 2. The molecular weight excluding hydrogens is 362 g/mol. The van der Waals surface area contributed by atoms with E-state index in [-0.39, 0.29) is 12.4 Å². The molecule has 2 amide bonds. The van der Waals surface area contributed by atoms with Gasteiger partial charge in [0.2, 0.25) is 5.91 Å². The quantitative estimate of drug-likeness (QED) is 0.794. The Kier molecular flexibility index (Phi) is 5.74. The number of aryl methyl sites for hydroxylation is 1. The summed E-state index contributed by atoms with van der Waals surface area (Å²) >= 11 is 2.78. The highest BCUT2D eigenvalue weighted by Gasteiger charge is 2.21. The summed E-state index contributed by atoms with van der Waals surface area (Å²) in [5.41, 5.74) is 1.37. The normalized spacial score (nSPS) is 16.3. The van der Waals surface area contributed by atoms with Crippen molar-refractivity contribution in [3.63, 3.8) is 0 Å². The Labute approximate surface area is 153 Å². The van der Waals surface area contributed by atoms with Crippen LogP contribution in [0.1, 0.15) is 30.7 Å². The van der Waals surface area contributed by atoms with Crippen LogP contribution in [0, 0.1) is 5.92 Å². The number of thiophene rings is 1. The highest BCUT2D eigenvalue weighted by molar-refractivity contribution is 7.99. The summed E-state index contributed by atoms with van der Waals surface area (Å²) in [6.07, 6.45) is 2.66. The van der Waals surface area contributed by atoms with Crippen molar-refractivity contribution in [2.45, 2.75) is 38.3 Å². The average Bonchev–Trinajstić information content (AvgIpc) is 3.19. The van der Waals surface area contributed by atoms with Crippen LogP contribution in [-0.2, 0) is 22.4 Å². The van der Waals surface area contributed by atoms with Crippen molar-refractivity contribution in [1.82, 2.24) is 15.5 Å². The minimum Gasteiger partial charge on any atom is -0.450 e. The van der Waals surface area contributed by atoms with Gasteiger partial charge in [0.15, 0.2) is 0 Å². The summed E-state index contributed by atoms with van der Waals surface area (Å²) in [5.74, 6) is 0.713. The Morgan fingerprint density at radius 3 is 3.12 bits per heavy atom. The fraction of sp³-hybridized carbons (Fsp3) is 0.500. The van der Waals surface area contributed by atoms with Gasteiger partial charge in [-0.1, -0.05) is 18.7 Å². The van der Waals surface area contributed by atoms with Gasteiger partial charge < -0.3 is 9.15 Å². The van der Waals surface area contributed by atoms with Crippen LogP contribution >= 0.6 is 23.1 Å². The molecule has 0 fully saturated rings. The van der Waals surface area contributed by atoms with Crippen LogP contribution in [0.15, 0.2) is 15.7 Å². The zero-order valence-corrected chi connectivity index (χ0v) is 15.7. The van der Waals surface area contributed by atoms with Crippen LogP contribution in [0.3, 0.4) is 0 Å². The second-order valence-electron chi connectivity index (χ2n) is 5.84. The van der Waals surface area contributed by atoms with E-state index >= 15 is 0 Å². The van der Waals surface area contributed by atoms with Gasteiger partial charge in [0.1, 0.15) is 0 Å². The van der Waals surface area contributed by atoms with Gasteiger partial charge in [0, 0.05) is 4.88 Å². The molecule has 1 aliphatic carbocycles. The van der Waals surface area contributed by atoms with E-state index in [0.717, 1.165) is 29.5 Å². The number of carbonyl (C=O) groups excluding carboxylic acids is 2. The summed E-state index contributed by atoms with van der Waals surface area (Å²) in [4.78, 5) is 25.1. The van der Waals surface area contributed by atoms with E-state index in [4.69, 9.17) is 4.42 Å². The number of imide groups is 1. The molecule has 0 bridgehead atoms. The number of hydrogen-bond acceptors (Lipinski definition) is 8. The number of aromatic nitrogens is 2. The van der Waals surface area contributed by atoms with Gasteiger partial charge in [-0.05, 0) is 43.7 Å². The summed E-state index contributed by atoms with van der Waals surface area (Å²) in [5, 5.41) is 10.4. The molecule has 2 heterocycles. The summed E-state index contributed by atoms with van der Waals surface area (Å²) < 4.78 is 10.3. The van der Waals surface area contributed by atoms with Crippen molar-refractivity contribution in [3.05, 3.63) is 16.5 Å². The van der Waals surface area contributed by atoms with E-state index < -0.39 is 12.0 Å². The molecule has 25 heavy (non-hydrogen) atoms. The van der Waals surface area contributed by atoms with Crippen molar-refractivity contribution in [1.29, 1.82) is 0 Å². The summed E-state index contributed by atoms with van der Waals surface area (Å²) in [6, 6.07) is 2.13. The monoisotopic (exact) mass is 381 g/mol. The summed E-state index contributed by atoms with van der Waals surface area (Å²) in [6.45, 7) is 4.15. The molecule has 2 aromatic heterocycles. The first-order valence-electron chi connectivity index (χ1n) is 8.10. The summed E-state index contributed by atoms with van der Waals surface area (Å²) in [7, 11) is 0. The first-order valence-corrected chi connectivity index (χ1v) is 9.90. The molecule has 0 radical (unpaired) electrons. The Bertz CT molecular complexity index is 771. The second-order valence-corrected chi connectivity index (χ2v) is 7.90. The third kappa shape index (κ3) is 4.60. The van der Waals surface area contributed by atoms with Crippen LogP contribution in [-0.4, -0.2) is 34.6 Å². The molecule has 0 aromatic carbocycles. The van der Waals surface area contributed by atoms with Crippen molar-refractivity contribution < 1.29 is 18.7 Å². The van der Waals surface area contributed by atoms with Gasteiger partial charge in [0.05, 0.1) is 17.2 Å². The minimum atomic E-state index is -0.752. The van der Waals surface area contributed by atoms with Crippen molar-refractivity contribution >= 4 is 35.1 Å². The van der Waals surface area contributed by atoms with E-state index in [9.17, 15) is 9.59 Å². The maximum Gasteiger partial charge on any atom is 0.413 e. The predicted octanol–water partition coefficient (Wildman–Crippen LogP) is 3.29. The van der Waals surface area contributed by atoms with E-state index in [0.29, 0.717) is 17.0 Å². The number of alkyl carbamates (subject to hydrolysis) is 1. The molecule has 0 aliphatic heterocycles. The number of fused-ring (bicyclic) bond motifs is 1. The Hall–Kier alpha value is -1.87. The number of nitrogens with one attached hydrogen (secondary N) is 1. The predicted molar refractivity (Wildman–Crippen MR) is 94.7 cm³/mol. The van der Waals surface area contributed by atoms with Crippen LogP contribution < -0.4 is 5.32 Å². The number of hydrogen-bond donors (Lipinski definition) is 1. The number of thioether (sulfide) groups is 1. The smallest absolute Gasteiger partial charge is 0.413 e. The topological polar surface area (TPSA) is 94.3 Å². The van der Waals surface area contributed by atoms with Crippen LogP contribution in [0.5, 0.6) is 0 Å². The molecule has 1 atom stereocenters. The lowest BCUT2D eigenvalue weighted by molar-refractivity contribution is -0.117. The molecule has 3 rings (SSSR count). The number of nitrogens with zero attached hydrogens (tertiary/aromatic N) is 2. The van der Waals surface area contributed by atoms with Crippen molar-refractivity contribution in [3.8, 4) is 10.8 Å². The molecule has 1 N–H and O–H groups in total. The molecule has 0 spiro atoms. The van der Waals surface area contributed by atoms with E-state index in [1.165, 1.54) is 16.9 Å². The lowest BCUT2D eigenvalue weighted by atomic mass is 9.90. The Morgan fingerprint density at radius 2 is 2.32 bits per heavy atom. The van der Waals surface area contributed by atoms with Gasteiger partial charge in [-0.2, -0.15) is 0 Å². The standard InChI is InChI=1S/C16H19N3O4S2/c1-3-22-15(21)17-13(20)8-24-16-19-18-14(23-16)12-7-10-6-9(2)4-5-11(10)25-12/h7,9H,3-6,8H2,1-2H3,(H,17,20,21)/t9-/m1/s1. The van der Waals surface area contributed by atoms with Crippen LogP contribution in [0.2, 0.25) is 0 Å². The number of rotatable bonds is 5. The van der Waals surface area contributed by atoms with Gasteiger partial charge >= 0.3 is 6.09 Å². The molecule has 1 aliphatic rings. The zero-order chi connectivity index (χ0) is 17.8. The van der Waals surface area contributed by atoms with Crippen molar-refractivity contribution in [2.24, 2.45) is 5.92 Å². The van der Waals surface area contributed by atoms with Gasteiger partial charge in [-0.15, -0.1) is 21.5 Å². The maximum absolute atomic E-state index is 11.6. The van der Waals surface area contributed by atoms with Crippen LogP contribution in [0.25, 0.3) is 10.8 Å². The lowest BCUT2D eigenvalue weighted by Crippen LogP contribution is -2.32. The largest absolute Gasteiger partial charge is 0.450 e. The zero-order valence-electron chi connectivity index (χ0n) is 14.0. The van der Waals surface area contributed by atoms with Crippen molar-refractivity contribution in [2.75, 3.05) is 12.4 Å². The van der Waals surface area contributed by atoms with E-state index in [1.54, 1.807) is 18.3 Å². The Balaban J connectivity index is 1.58. The maximum atomic E-state index is 11.6. The lowest BCUT2D eigenvalue weighted by Gasteiger charge is -2.16. The molecule has 0 saturated heterocycles. The molecule has 2 aromatic rings. The Morgan fingerprint density at radius 1 is 1.48 bits per heavy atom. The molecule has 0 unspecified atom stereocenters. The number of amides is 2. The molecule has 0 saturated carbocycles. The fourth-order valence-electron chi connectivity index (χ4n) is 2.62. The third-order valence-electron chi connectivity index (χ3n) is 3.79. The first kappa shape index (κ1) is 17.9. The molecule has 7 nitrogen and oxygen atoms in total. The highest BCUT2D eigenvalue weighted by Crippen LogP contribution is 2.37. The van der Waals surface area contributed by atoms with E-state index in [2.05, 4.69) is 33.2 Å². The number of ether oxygens (including phenoxy) is 1. The van der Waals surface area contributed by atoms with Gasteiger partial charge in [-0.3, -0.25) is 10.1 Å². The van der Waals surface area contributed by atoms with Gasteiger partial charge in [0.25, 0.3) is 11.1 Å².